The van der Waals surface area contributed by atoms with Crippen LogP contribution in [0, 0.1) is 17.5 Å². The van der Waals surface area contributed by atoms with E-state index in [0.717, 1.165) is 6.07 Å². The van der Waals surface area contributed by atoms with E-state index in [0.29, 0.717) is 12.6 Å². The van der Waals surface area contributed by atoms with Gasteiger partial charge in [0.15, 0.2) is 11.6 Å². The van der Waals surface area contributed by atoms with E-state index in [1.807, 2.05) is 0 Å². The van der Waals surface area contributed by atoms with E-state index in [2.05, 4.69) is 5.32 Å². The lowest BCUT2D eigenvalue weighted by atomic mass is 10.0. The number of hydrogen-bond acceptors (Lipinski definition) is 2. The molecule has 0 saturated heterocycles. The molecule has 0 fully saturated rings. The van der Waals surface area contributed by atoms with Crippen LogP contribution in [0.5, 0.6) is 0 Å². The predicted molar refractivity (Wildman–Crippen MR) is 64.2 cm³/mol. The van der Waals surface area contributed by atoms with Crippen molar-refractivity contribution >= 4 is 0 Å². The molecule has 0 heterocycles. The molecule has 0 bridgehead atoms. The van der Waals surface area contributed by atoms with Crippen LogP contribution < -0.4 is 5.32 Å². The van der Waals surface area contributed by atoms with Gasteiger partial charge in [0.05, 0.1) is 0 Å². The Labute approximate surface area is 113 Å². The lowest BCUT2D eigenvalue weighted by Gasteiger charge is -2.19. The molecule has 0 saturated carbocycles. The summed E-state index contributed by atoms with van der Waals surface area (Å²) in [5.74, 6) is -3.31. The van der Waals surface area contributed by atoms with Crippen LogP contribution in [0.25, 0.3) is 0 Å². The monoisotopic (exact) mass is 297 g/mol. The van der Waals surface area contributed by atoms with Crippen molar-refractivity contribution in [1.29, 1.82) is 0 Å². The van der Waals surface area contributed by atoms with Gasteiger partial charge in [0.1, 0.15) is 12.4 Å². The summed E-state index contributed by atoms with van der Waals surface area (Å²) in [6.45, 7) is 1.46. The lowest BCUT2D eigenvalue weighted by molar-refractivity contribution is 0.0143. The molecule has 1 aromatic carbocycles. The normalized spacial score (nSPS) is 12.9. The smallest absolute Gasteiger partial charge is 0.261 e. The fourth-order valence-corrected chi connectivity index (χ4v) is 1.79. The largest absolute Gasteiger partial charge is 0.375 e. The van der Waals surface area contributed by atoms with Gasteiger partial charge >= 0.3 is 0 Å². The quantitative estimate of drug-likeness (QED) is 0.451. The molecule has 114 valence electrons. The summed E-state index contributed by atoms with van der Waals surface area (Å²) >= 11 is 0. The molecule has 0 aliphatic rings. The highest BCUT2D eigenvalue weighted by atomic mass is 19.3. The summed E-state index contributed by atoms with van der Waals surface area (Å²) in [7, 11) is 0. The van der Waals surface area contributed by atoms with E-state index in [4.69, 9.17) is 4.74 Å². The fraction of sp³-hybridized carbons (Fsp3) is 0.538. The molecule has 2 nitrogen and oxygen atoms in total. The zero-order valence-corrected chi connectivity index (χ0v) is 10.9. The maximum atomic E-state index is 13.6. The highest BCUT2D eigenvalue weighted by molar-refractivity contribution is 5.23. The van der Waals surface area contributed by atoms with Gasteiger partial charge in [0.2, 0.25) is 0 Å². The van der Waals surface area contributed by atoms with Crippen LogP contribution in [0.3, 0.4) is 0 Å². The van der Waals surface area contributed by atoms with Gasteiger partial charge in [-0.3, -0.25) is 0 Å². The lowest BCUT2D eigenvalue weighted by Crippen LogP contribution is -2.24. The van der Waals surface area contributed by atoms with Gasteiger partial charge in [0.25, 0.3) is 6.43 Å². The first-order chi connectivity index (χ1) is 9.45. The first-order valence-electron chi connectivity index (χ1n) is 6.19. The van der Waals surface area contributed by atoms with Crippen molar-refractivity contribution in [3.8, 4) is 0 Å². The first kappa shape index (κ1) is 16.8. The van der Waals surface area contributed by atoms with Crippen molar-refractivity contribution < 1.29 is 26.7 Å². The number of nitrogens with one attached hydrogen (secondary N) is 1. The first-order valence-corrected chi connectivity index (χ1v) is 6.19. The summed E-state index contributed by atoms with van der Waals surface area (Å²) in [5, 5.41) is 2.88. The Kier molecular flexibility index (Phi) is 6.87. The standard InChI is InChI=1S/C13H16F5NO/c1-2-19-12(3-4-20-7-13(17)18)8-5-10(15)11(16)6-9(8)14/h5-6,12-13,19H,2-4,7H2,1H3. The van der Waals surface area contributed by atoms with E-state index in [-0.39, 0.29) is 18.6 Å². The van der Waals surface area contributed by atoms with Gasteiger partial charge < -0.3 is 10.1 Å². The predicted octanol–water partition coefficient (Wildman–Crippen LogP) is 3.43. The molecule has 1 atom stereocenters. The number of ether oxygens (including phenoxy) is 1. The number of alkyl halides is 2. The second-order valence-corrected chi connectivity index (χ2v) is 4.15. The van der Waals surface area contributed by atoms with Crippen LogP contribution in [0.15, 0.2) is 12.1 Å². The molecule has 0 aromatic heterocycles. The van der Waals surface area contributed by atoms with Crippen LogP contribution in [0.4, 0.5) is 22.0 Å². The zero-order valence-electron chi connectivity index (χ0n) is 10.9. The number of hydrogen-bond donors (Lipinski definition) is 1. The van der Waals surface area contributed by atoms with Crippen molar-refractivity contribution in [2.24, 2.45) is 0 Å². The third kappa shape index (κ3) is 5.05. The van der Waals surface area contributed by atoms with Crippen molar-refractivity contribution in [2.75, 3.05) is 19.8 Å². The SMILES string of the molecule is CCNC(CCOCC(F)F)c1cc(F)c(F)cc1F. The molecular weight excluding hydrogens is 281 g/mol. The van der Waals surface area contributed by atoms with Gasteiger partial charge in [-0.25, -0.2) is 22.0 Å². The average molecular weight is 297 g/mol. The molecule has 0 aliphatic heterocycles. The minimum Gasteiger partial charge on any atom is -0.375 e. The topological polar surface area (TPSA) is 21.3 Å². The maximum absolute atomic E-state index is 13.6. The Morgan fingerprint density at radius 2 is 1.75 bits per heavy atom. The van der Waals surface area contributed by atoms with Crippen LogP contribution in [0.1, 0.15) is 24.9 Å². The molecule has 0 amide bonds. The molecular formula is C13H16F5NO. The van der Waals surface area contributed by atoms with Gasteiger partial charge in [0, 0.05) is 24.3 Å². The Hall–Kier alpha value is -1.21. The van der Waals surface area contributed by atoms with E-state index >= 15 is 0 Å². The molecule has 0 spiro atoms. The van der Waals surface area contributed by atoms with Crippen molar-refractivity contribution in [3.63, 3.8) is 0 Å². The number of halogens is 5. The summed E-state index contributed by atoms with van der Waals surface area (Å²) in [6.07, 6.45) is -2.41. The summed E-state index contributed by atoms with van der Waals surface area (Å²) < 4.78 is 68.2. The van der Waals surface area contributed by atoms with Crippen LogP contribution in [-0.2, 0) is 4.74 Å². The van der Waals surface area contributed by atoms with Gasteiger partial charge in [-0.2, -0.15) is 0 Å². The minimum absolute atomic E-state index is 0.0412. The van der Waals surface area contributed by atoms with E-state index in [9.17, 15) is 22.0 Å². The summed E-state index contributed by atoms with van der Waals surface area (Å²) in [4.78, 5) is 0. The molecule has 20 heavy (non-hydrogen) atoms. The zero-order chi connectivity index (χ0) is 15.1. The summed E-state index contributed by atoms with van der Waals surface area (Å²) in [5.41, 5.74) is -0.0496. The molecule has 7 heteroatoms. The second-order valence-electron chi connectivity index (χ2n) is 4.15. The fourth-order valence-electron chi connectivity index (χ4n) is 1.79. The van der Waals surface area contributed by atoms with Gasteiger partial charge in [-0.05, 0) is 19.0 Å². The maximum Gasteiger partial charge on any atom is 0.261 e. The van der Waals surface area contributed by atoms with Crippen LogP contribution in [0.2, 0.25) is 0 Å². The third-order valence-electron chi connectivity index (χ3n) is 2.66. The Balaban J connectivity index is 2.72. The van der Waals surface area contributed by atoms with E-state index in [1.54, 1.807) is 6.92 Å². The minimum atomic E-state index is -2.58. The van der Waals surface area contributed by atoms with Gasteiger partial charge in [-0.15, -0.1) is 0 Å². The number of rotatable bonds is 8. The Bertz CT molecular complexity index is 427. The Morgan fingerprint density at radius 1 is 1.10 bits per heavy atom. The van der Waals surface area contributed by atoms with E-state index < -0.39 is 36.5 Å². The van der Waals surface area contributed by atoms with Crippen molar-refractivity contribution in [2.45, 2.75) is 25.8 Å². The molecule has 0 radical (unpaired) electrons. The highest BCUT2D eigenvalue weighted by Crippen LogP contribution is 2.23. The summed E-state index contributed by atoms with van der Waals surface area (Å²) in [6, 6.07) is 0.605. The van der Waals surface area contributed by atoms with Crippen molar-refractivity contribution in [1.82, 2.24) is 5.32 Å². The van der Waals surface area contributed by atoms with Crippen LogP contribution >= 0.6 is 0 Å². The van der Waals surface area contributed by atoms with Crippen LogP contribution in [-0.4, -0.2) is 26.2 Å². The van der Waals surface area contributed by atoms with Crippen molar-refractivity contribution in [3.05, 3.63) is 35.1 Å². The Morgan fingerprint density at radius 3 is 2.35 bits per heavy atom. The average Bonchev–Trinajstić information content (AvgIpc) is 2.37. The molecule has 1 N–H and O–H groups in total. The molecule has 1 aromatic rings. The van der Waals surface area contributed by atoms with E-state index in [1.165, 1.54) is 0 Å². The number of benzene rings is 1. The van der Waals surface area contributed by atoms with Gasteiger partial charge in [-0.1, -0.05) is 6.92 Å². The molecule has 0 aliphatic carbocycles. The molecule has 1 rings (SSSR count). The highest BCUT2D eigenvalue weighted by Gasteiger charge is 2.18. The third-order valence-corrected chi connectivity index (χ3v) is 2.66. The molecule has 1 unspecified atom stereocenters. The second kappa shape index (κ2) is 8.16.